The maximum atomic E-state index is 11.3. The minimum absolute atomic E-state index is 0.516. The van der Waals surface area contributed by atoms with Crippen molar-refractivity contribution in [3.63, 3.8) is 0 Å². The number of hydrogen-bond acceptors (Lipinski definition) is 3. The van der Waals surface area contributed by atoms with E-state index in [4.69, 9.17) is 12.2 Å². The Morgan fingerprint density at radius 1 is 1.29 bits per heavy atom. The summed E-state index contributed by atoms with van der Waals surface area (Å²) in [6, 6.07) is 0. The molecule has 0 aromatic carbocycles. The van der Waals surface area contributed by atoms with E-state index in [0.29, 0.717) is 32.1 Å². The zero-order chi connectivity index (χ0) is 13.1. The zero-order valence-electron chi connectivity index (χ0n) is 10.6. The molecule has 1 aliphatic rings. The van der Waals surface area contributed by atoms with Gasteiger partial charge in [0.15, 0.2) is 5.11 Å². The summed E-state index contributed by atoms with van der Waals surface area (Å²) < 4.78 is 24.2. The van der Waals surface area contributed by atoms with Crippen LogP contribution in [0.5, 0.6) is 0 Å². The summed E-state index contributed by atoms with van der Waals surface area (Å²) in [7, 11) is -3.06. The number of thiocarbonyl (C=S) groups is 1. The first kappa shape index (κ1) is 14.7. The predicted octanol–water partition coefficient (Wildman–Crippen LogP) is 0.0941. The highest BCUT2D eigenvalue weighted by atomic mass is 32.2. The Balaban J connectivity index is 2.39. The number of rotatable bonds is 3. The van der Waals surface area contributed by atoms with E-state index in [1.165, 1.54) is 10.6 Å². The lowest BCUT2D eigenvalue weighted by Crippen LogP contribution is -2.53. The van der Waals surface area contributed by atoms with Crippen LogP contribution in [0.15, 0.2) is 0 Å². The average Bonchev–Trinajstić information content (AvgIpc) is 2.25. The minimum atomic E-state index is -3.06. The van der Waals surface area contributed by atoms with Crippen LogP contribution >= 0.6 is 12.2 Å². The van der Waals surface area contributed by atoms with Crippen LogP contribution in [-0.2, 0) is 10.0 Å². The monoisotopic (exact) mass is 279 g/mol. The fraction of sp³-hybridized carbons (Fsp3) is 0.900. The van der Waals surface area contributed by atoms with Crippen LogP contribution in [0.3, 0.4) is 0 Å². The third-order valence-electron chi connectivity index (χ3n) is 2.66. The molecule has 0 aliphatic carbocycles. The van der Waals surface area contributed by atoms with Gasteiger partial charge in [-0.3, -0.25) is 0 Å². The molecule has 1 rings (SSSR count). The van der Waals surface area contributed by atoms with Crippen molar-refractivity contribution in [2.24, 2.45) is 5.92 Å². The maximum Gasteiger partial charge on any atom is 0.211 e. The van der Waals surface area contributed by atoms with Crippen LogP contribution in [0.2, 0.25) is 0 Å². The van der Waals surface area contributed by atoms with E-state index in [2.05, 4.69) is 19.2 Å². The van der Waals surface area contributed by atoms with Crippen LogP contribution < -0.4 is 5.32 Å². The van der Waals surface area contributed by atoms with Gasteiger partial charge in [-0.1, -0.05) is 13.8 Å². The molecule has 0 aromatic heterocycles. The summed E-state index contributed by atoms with van der Waals surface area (Å²) in [5.41, 5.74) is 0. The molecule has 0 bridgehead atoms. The van der Waals surface area contributed by atoms with Gasteiger partial charge < -0.3 is 10.2 Å². The largest absolute Gasteiger partial charge is 0.362 e. The van der Waals surface area contributed by atoms with Crippen molar-refractivity contribution in [3.05, 3.63) is 0 Å². The van der Waals surface area contributed by atoms with E-state index < -0.39 is 10.0 Å². The molecule has 1 N–H and O–H groups in total. The van der Waals surface area contributed by atoms with Crippen LogP contribution in [0.1, 0.15) is 13.8 Å². The van der Waals surface area contributed by atoms with E-state index in [1.54, 1.807) is 0 Å². The molecule has 0 aromatic rings. The van der Waals surface area contributed by atoms with Gasteiger partial charge in [0.1, 0.15) is 0 Å². The number of hydrogen-bond donors (Lipinski definition) is 1. The van der Waals surface area contributed by atoms with Gasteiger partial charge in [0.25, 0.3) is 0 Å². The molecular weight excluding hydrogens is 258 g/mol. The Morgan fingerprint density at radius 2 is 1.82 bits per heavy atom. The van der Waals surface area contributed by atoms with Crippen LogP contribution in [-0.4, -0.2) is 61.7 Å². The van der Waals surface area contributed by atoms with Gasteiger partial charge in [0, 0.05) is 32.7 Å². The SMILES string of the molecule is CC(C)CNC(=S)N1CCN(S(C)(=O)=O)CC1. The van der Waals surface area contributed by atoms with Gasteiger partial charge in [0.2, 0.25) is 10.0 Å². The Hall–Kier alpha value is -0.400. The molecule has 5 nitrogen and oxygen atoms in total. The summed E-state index contributed by atoms with van der Waals surface area (Å²) in [5, 5.41) is 3.92. The lowest BCUT2D eigenvalue weighted by atomic mass is 10.2. The second-order valence-electron chi connectivity index (χ2n) is 4.73. The molecule has 0 radical (unpaired) electrons. The van der Waals surface area contributed by atoms with Gasteiger partial charge in [-0.15, -0.1) is 0 Å². The van der Waals surface area contributed by atoms with Crippen LogP contribution in [0.4, 0.5) is 0 Å². The summed E-state index contributed by atoms with van der Waals surface area (Å²) in [6.45, 7) is 7.46. The summed E-state index contributed by atoms with van der Waals surface area (Å²) in [5.74, 6) is 0.547. The molecule has 0 saturated carbocycles. The Labute approximate surface area is 109 Å². The Morgan fingerprint density at radius 3 is 2.24 bits per heavy atom. The van der Waals surface area contributed by atoms with Gasteiger partial charge >= 0.3 is 0 Å². The molecule has 0 amide bonds. The molecule has 0 atom stereocenters. The van der Waals surface area contributed by atoms with Crippen molar-refractivity contribution in [2.45, 2.75) is 13.8 Å². The fourth-order valence-electron chi connectivity index (χ4n) is 1.63. The van der Waals surface area contributed by atoms with Gasteiger partial charge in [-0.25, -0.2) is 8.42 Å². The molecule has 7 heteroatoms. The molecule has 0 unspecified atom stereocenters. The highest BCUT2D eigenvalue weighted by molar-refractivity contribution is 7.88. The second-order valence-corrected chi connectivity index (χ2v) is 7.10. The van der Waals surface area contributed by atoms with E-state index in [1.807, 2.05) is 4.90 Å². The van der Waals surface area contributed by atoms with Crippen molar-refractivity contribution in [2.75, 3.05) is 39.0 Å². The van der Waals surface area contributed by atoms with Crippen molar-refractivity contribution >= 4 is 27.4 Å². The molecule has 0 spiro atoms. The maximum absolute atomic E-state index is 11.3. The summed E-state index contributed by atoms with van der Waals surface area (Å²) in [4.78, 5) is 2.03. The van der Waals surface area contributed by atoms with E-state index in [-0.39, 0.29) is 0 Å². The normalized spacial score (nSPS) is 18.5. The first-order valence-electron chi connectivity index (χ1n) is 5.78. The lowest BCUT2D eigenvalue weighted by Gasteiger charge is -2.35. The molecule has 1 heterocycles. The lowest BCUT2D eigenvalue weighted by molar-refractivity contribution is 0.264. The summed E-state index contributed by atoms with van der Waals surface area (Å²) >= 11 is 5.27. The van der Waals surface area contributed by atoms with Crippen LogP contribution in [0.25, 0.3) is 0 Å². The number of sulfonamides is 1. The molecule has 100 valence electrons. The number of nitrogens with one attached hydrogen (secondary N) is 1. The van der Waals surface area contributed by atoms with E-state index >= 15 is 0 Å². The van der Waals surface area contributed by atoms with Crippen LogP contribution in [0, 0.1) is 5.92 Å². The van der Waals surface area contributed by atoms with Gasteiger partial charge in [-0.2, -0.15) is 4.31 Å². The van der Waals surface area contributed by atoms with E-state index in [0.717, 1.165) is 11.7 Å². The predicted molar refractivity (Wildman–Crippen MR) is 73.4 cm³/mol. The van der Waals surface area contributed by atoms with E-state index in [9.17, 15) is 8.42 Å². The topological polar surface area (TPSA) is 52.6 Å². The number of nitrogens with zero attached hydrogens (tertiary/aromatic N) is 2. The Kier molecular flexibility index (Phi) is 5.15. The minimum Gasteiger partial charge on any atom is -0.362 e. The van der Waals surface area contributed by atoms with Crippen molar-refractivity contribution in [1.29, 1.82) is 0 Å². The first-order valence-corrected chi connectivity index (χ1v) is 8.04. The molecule has 17 heavy (non-hydrogen) atoms. The third-order valence-corrected chi connectivity index (χ3v) is 4.36. The molecular formula is C10H21N3O2S2. The van der Waals surface area contributed by atoms with Gasteiger partial charge in [-0.05, 0) is 18.1 Å². The molecule has 1 fully saturated rings. The molecule has 1 aliphatic heterocycles. The fourth-order valence-corrected chi connectivity index (χ4v) is 2.72. The van der Waals surface area contributed by atoms with Gasteiger partial charge in [0.05, 0.1) is 6.26 Å². The van der Waals surface area contributed by atoms with Crippen molar-refractivity contribution in [3.8, 4) is 0 Å². The quantitative estimate of drug-likeness (QED) is 0.742. The molecule has 1 saturated heterocycles. The highest BCUT2D eigenvalue weighted by Crippen LogP contribution is 2.06. The van der Waals surface area contributed by atoms with Crippen molar-refractivity contribution < 1.29 is 8.42 Å². The second kappa shape index (κ2) is 5.97. The average molecular weight is 279 g/mol. The third kappa shape index (κ3) is 4.77. The summed E-state index contributed by atoms with van der Waals surface area (Å²) in [6.07, 6.45) is 1.25. The first-order chi connectivity index (χ1) is 7.80. The zero-order valence-corrected chi connectivity index (χ0v) is 12.3. The van der Waals surface area contributed by atoms with Crippen molar-refractivity contribution in [1.82, 2.24) is 14.5 Å². The smallest absolute Gasteiger partial charge is 0.211 e. The Bertz CT molecular complexity index is 360. The highest BCUT2D eigenvalue weighted by Gasteiger charge is 2.24. The standard InChI is InChI=1S/C10H21N3O2S2/c1-9(2)8-11-10(16)12-4-6-13(7-5-12)17(3,14)15/h9H,4-8H2,1-3H3,(H,11,16). The number of piperazine rings is 1.